The van der Waals surface area contributed by atoms with E-state index in [1.807, 2.05) is 19.2 Å². The molecule has 6 rings (SSSR count). The smallest absolute Gasteiger partial charge is 0.255 e. The number of thiazole rings is 1. The number of phenolic OH excluding ortho intramolecular Hbond substituents is 1. The van der Waals surface area contributed by atoms with E-state index in [0.29, 0.717) is 42.4 Å². The number of aliphatic hydroxyl groups excluding tert-OH is 2. The Kier molecular flexibility index (Phi) is 6.57. The van der Waals surface area contributed by atoms with Crippen LogP contribution in [0.1, 0.15) is 43.0 Å². The molecule has 2 heterocycles. The van der Waals surface area contributed by atoms with Gasteiger partial charge in [-0.1, -0.05) is 13.8 Å². The predicted molar refractivity (Wildman–Crippen MR) is 148 cm³/mol. The van der Waals surface area contributed by atoms with Gasteiger partial charge in [-0.3, -0.25) is 19.3 Å². The summed E-state index contributed by atoms with van der Waals surface area (Å²) in [6.07, 6.45) is 0.250. The number of hydrogen-bond acceptors (Lipinski definition) is 11. The lowest BCUT2D eigenvalue weighted by atomic mass is 9.57. The van der Waals surface area contributed by atoms with Crippen molar-refractivity contribution in [3.8, 4) is 16.3 Å². The molecule has 41 heavy (non-hydrogen) atoms. The summed E-state index contributed by atoms with van der Waals surface area (Å²) in [5, 5.41) is 48.0. The first-order valence-electron chi connectivity index (χ1n) is 13.6. The van der Waals surface area contributed by atoms with Gasteiger partial charge in [0.15, 0.2) is 11.4 Å². The van der Waals surface area contributed by atoms with E-state index < -0.39 is 58.0 Å². The van der Waals surface area contributed by atoms with Gasteiger partial charge in [-0.25, -0.2) is 4.98 Å². The molecule has 4 aliphatic rings. The molecule has 3 aliphatic carbocycles. The van der Waals surface area contributed by atoms with Gasteiger partial charge in [-0.15, -0.1) is 11.3 Å². The maximum absolute atomic E-state index is 14.1. The first-order valence-corrected chi connectivity index (χ1v) is 14.5. The Bertz CT molecular complexity index is 1550. The highest BCUT2D eigenvalue weighted by molar-refractivity contribution is 7.13. The van der Waals surface area contributed by atoms with Crippen molar-refractivity contribution in [1.29, 1.82) is 0 Å². The van der Waals surface area contributed by atoms with Gasteiger partial charge < -0.3 is 30.9 Å². The molecule has 0 bridgehead atoms. The number of aromatic hydroxyl groups is 1. The molecule has 2 fully saturated rings. The van der Waals surface area contributed by atoms with Crippen LogP contribution in [-0.2, 0) is 25.5 Å². The van der Waals surface area contributed by atoms with Crippen molar-refractivity contribution >= 4 is 34.6 Å². The van der Waals surface area contributed by atoms with E-state index in [1.54, 1.807) is 11.0 Å². The Balaban J connectivity index is 1.52. The van der Waals surface area contributed by atoms with E-state index in [9.17, 15) is 34.8 Å². The third-order valence-corrected chi connectivity index (χ3v) is 9.72. The number of primary amides is 1. The van der Waals surface area contributed by atoms with Crippen molar-refractivity contribution in [3.05, 3.63) is 51.2 Å². The SMILES string of the molecule is CC(C)c1csc(-c2ccc(O)c3c2C[C@H]2C[C@H]4[C@@H](N5CCOCC5)C(=O)C(C(N)=O)=C(O)[C@@]4(O)C(=O)C2=C3O)n1. The number of fused-ring (bicyclic) bond motifs is 3. The van der Waals surface area contributed by atoms with Crippen molar-refractivity contribution in [2.75, 3.05) is 26.3 Å². The van der Waals surface area contributed by atoms with Gasteiger partial charge in [0.2, 0.25) is 5.78 Å². The zero-order valence-corrected chi connectivity index (χ0v) is 23.4. The third-order valence-electron chi connectivity index (χ3n) is 8.83. The molecule has 1 aliphatic heterocycles. The molecule has 4 atom stereocenters. The van der Waals surface area contributed by atoms with E-state index in [-0.39, 0.29) is 35.6 Å². The first-order chi connectivity index (χ1) is 19.5. The fourth-order valence-corrected chi connectivity index (χ4v) is 7.83. The summed E-state index contributed by atoms with van der Waals surface area (Å²) in [5.74, 6) is -6.47. The molecule has 216 valence electrons. The van der Waals surface area contributed by atoms with Crippen LogP contribution in [-0.4, -0.2) is 85.7 Å². The standard InChI is InChI=1S/C29H31N3O8S/c1-12(2)17-11-41-28(31-17)14-3-4-18(33)20-15(14)9-13-10-16-22(32-5-7-40-8-6-32)24(35)21(27(30)38)26(37)29(16,39)25(36)19(13)23(20)34/h3-4,11-13,16,22,33-34,37,39H,5-10H2,1-2H3,(H2,30,38)/t13-,16-,22+,29-/m0/s1. The number of phenols is 1. The number of hydrogen-bond donors (Lipinski definition) is 5. The Morgan fingerprint density at radius 2 is 1.90 bits per heavy atom. The Morgan fingerprint density at radius 1 is 1.20 bits per heavy atom. The summed E-state index contributed by atoms with van der Waals surface area (Å²) in [6, 6.07) is 2.03. The first kappa shape index (κ1) is 27.6. The van der Waals surface area contributed by atoms with Crippen LogP contribution in [0.15, 0.2) is 34.4 Å². The fraction of sp³-hybridized carbons (Fsp3) is 0.448. The van der Waals surface area contributed by atoms with Crippen LogP contribution in [0, 0.1) is 11.8 Å². The molecule has 0 radical (unpaired) electrons. The van der Waals surface area contributed by atoms with Crippen LogP contribution in [0.2, 0.25) is 0 Å². The number of carbonyl (C=O) groups is 3. The summed E-state index contributed by atoms with van der Waals surface area (Å²) < 4.78 is 5.42. The lowest BCUT2D eigenvalue weighted by Gasteiger charge is -2.51. The molecule has 1 saturated heterocycles. The molecule has 1 aromatic heterocycles. The third kappa shape index (κ3) is 3.96. The highest BCUT2D eigenvalue weighted by Crippen LogP contribution is 2.54. The second-order valence-corrected chi connectivity index (χ2v) is 12.2. The fourth-order valence-electron chi connectivity index (χ4n) is 6.80. The van der Waals surface area contributed by atoms with Crippen LogP contribution in [0.25, 0.3) is 16.3 Å². The number of rotatable bonds is 4. The minimum Gasteiger partial charge on any atom is -0.508 e. The Labute approximate surface area is 239 Å². The normalized spacial score (nSPS) is 28.5. The number of nitrogens with two attached hydrogens (primary N) is 1. The molecule has 0 spiro atoms. The second-order valence-electron chi connectivity index (χ2n) is 11.4. The van der Waals surface area contributed by atoms with Crippen LogP contribution in [0.4, 0.5) is 0 Å². The molecule has 1 amide bonds. The number of nitrogens with zero attached hydrogens (tertiary/aromatic N) is 2. The summed E-state index contributed by atoms with van der Waals surface area (Å²) >= 11 is 1.44. The number of aromatic nitrogens is 1. The topological polar surface area (TPSA) is 184 Å². The number of ether oxygens (including phenoxy) is 1. The number of Topliss-reactive ketones (excluding diaryl/α,β-unsaturated/α-hetero) is 2. The summed E-state index contributed by atoms with van der Waals surface area (Å²) in [7, 11) is 0. The van der Waals surface area contributed by atoms with Gasteiger partial charge in [0, 0.05) is 35.5 Å². The van der Waals surface area contributed by atoms with E-state index >= 15 is 0 Å². The van der Waals surface area contributed by atoms with Crippen molar-refractivity contribution < 1.29 is 39.5 Å². The average molecular weight is 582 g/mol. The largest absolute Gasteiger partial charge is 0.508 e. The number of carbonyl (C=O) groups excluding carboxylic acids is 3. The summed E-state index contributed by atoms with van der Waals surface area (Å²) in [5.41, 5.74) is 4.06. The molecule has 6 N–H and O–H groups in total. The van der Waals surface area contributed by atoms with E-state index in [4.69, 9.17) is 15.5 Å². The Hall–Kier alpha value is -3.58. The van der Waals surface area contributed by atoms with Gasteiger partial charge in [-0.2, -0.15) is 0 Å². The monoisotopic (exact) mass is 581 g/mol. The number of morpholine rings is 1. The molecule has 1 saturated carbocycles. The van der Waals surface area contributed by atoms with Crippen LogP contribution in [0.5, 0.6) is 5.75 Å². The number of aliphatic hydroxyl groups is 3. The maximum atomic E-state index is 14.1. The molecule has 1 aromatic carbocycles. The van der Waals surface area contributed by atoms with Crippen LogP contribution >= 0.6 is 11.3 Å². The summed E-state index contributed by atoms with van der Waals surface area (Å²) in [4.78, 5) is 46.6. The van der Waals surface area contributed by atoms with Gasteiger partial charge >= 0.3 is 0 Å². The van der Waals surface area contributed by atoms with Crippen molar-refractivity contribution in [3.63, 3.8) is 0 Å². The average Bonchev–Trinajstić information content (AvgIpc) is 3.42. The quantitative estimate of drug-likeness (QED) is 0.335. The Morgan fingerprint density at radius 3 is 2.54 bits per heavy atom. The van der Waals surface area contributed by atoms with E-state index in [1.165, 1.54) is 17.4 Å². The highest BCUT2D eigenvalue weighted by atomic mass is 32.1. The molecular formula is C29H31N3O8S. The van der Waals surface area contributed by atoms with Crippen molar-refractivity contribution in [2.45, 2.75) is 44.2 Å². The molecule has 2 aromatic rings. The molecule has 12 heteroatoms. The summed E-state index contributed by atoms with van der Waals surface area (Å²) in [6.45, 7) is 5.30. The maximum Gasteiger partial charge on any atom is 0.255 e. The van der Waals surface area contributed by atoms with Gasteiger partial charge in [-0.05, 0) is 42.4 Å². The van der Waals surface area contributed by atoms with Gasteiger partial charge in [0.1, 0.15) is 27.8 Å². The highest BCUT2D eigenvalue weighted by Gasteiger charge is 2.64. The molecule has 11 nitrogen and oxygen atoms in total. The minimum absolute atomic E-state index is 0.0369. The van der Waals surface area contributed by atoms with Gasteiger partial charge in [0.25, 0.3) is 5.91 Å². The van der Waals surface area contributed by atoms with Crippen molar-refractivity contribution in [1.82, 2.24) is 9.88 Å². The van der Waals surface area contributed by atoms with E-state index in [2.05, 4.69) is 0 Å². The van der Waals surface area contributed by atoms with Crippen LogP contribution in [0.3, 0.4) is 0 Å². The number of benzene rings is 1. The molecular weight excluding hydrogens is 550 g/mol. The molecule has 0 unspecified atom stereocenters. The lowest BCUT2D eigenvalue weighted by Crippen LogP contribution is -2.67. The van der Waals surface area contributed by atoms with E-state index in [0.717, 1.165) is 5.69 Å². The predicted octanol–water partition coefficient (Wildman–Crippen LogP) is 1.98. The van der Waals surface area contributed by atoms with Gasteiger partial charge in [0.05, 0.1) is 30.5 Å². The number of amides is 1. The zero-order chi connectivity index (χ0) is 29.4. The zero-order valence-electron chi connectivity index (χ0n) is 22.6. The minimum atomic E-state index is -2.67. The van der Waals surface area contributed by atoms with Crippen LogP contribution < -0.4 is 5.73 Å². The second kappa shape index (κ2) is 9.76. The number of ketones is 2. The van der Waals surface area contributed by atoms with Crippen molar-refractivity contribution in [2.24, 2.45) is 17.6 Å². The lowest BCUT2D eigenvalue weighted by molar-refractivity contribution is -0.157.